The van der Waals surface area contributed by atoms with E-state index in [1.54, 1.807) is 12.1 Å². The molecule has 1 saturated carbocycles. The molecule has 7 heteroatoms. The van der Waals surface area contributed by atoms with Crippen molar-refractivity contribution >= 4 is 29.7 Å². The van der Waals surface area contributed by atoms with Crippen molar-refractivity contribution in [2.75, 3.05) is 0 Å². The van der Waals surface area contributed by atoms with Crippen molar-refractivity contribution in [1.82, 2.24) is 9.88 Å². The molecule has 1 aliphatic carbocycles. The number of fused-ring (bicyclic) bond motifs is 1. The van der Waals surface area contributed by atoms with Crippen molar-refractivity contribution in [1.29, 1.82) is 0 Å². The van der Waals surface area contributed by atoms with Crippen molar-refractivity contribution in [2.45, 2.75) is 43.8 Å². The second-order valence-electron chi connectivity index (χ2n) is 6.95. The maximum atomic E-state index is 14.8. The normalized spacial score (nSPS) is 22.9. The molecule has 2 aliphatic rings. The van der Waals surface area contributed by atoms with E-state index in [9.17, 15) is 14.3 Å². The molecular formula is C19H17BBrFN2O2. The number of benzene rings is 1. The number of amides is 1. The number of halogens is 2. The van der Waals surface area contributed by atoms with E-state index in [1.165, 1.54) is 12.3 Å². The Balaban J connectivity index is 1.75. The average molecular weight is 415 g/mol. The third kappa shape index (κ3) is 2.78. The van der Waals surface area contributed by atoms with Crippen molar-refractivity contribution in [2.24, 2.45) is 0 Å². The van der Waals surface area contributed by atoms with Crippen LogP contribution in [0.4, 0.5) is 4.39 Å². The summed E-state index contributed by atoms with van der Waals surface area (Å²) in [5.74, 6) is -0.604. The van der Waals surface area contributed by atoms with Gasteiger partial charge in [-0.3, -0.25) is 9.78 Å². The van der Waals surface area contributed by atoms with Crippen LogP contribution < -0.4 is 0 Å². The average Bonchev–Trinajstić information content (AvgIpc) is 3.19. The zero-order valence-electron chi connectivity index (χ0n) is 14.1. The number of aliphatic hydroxyl groups is 1. The molecule has 0 saturated heterocycles. The summed E-state index contributed by atoms with van der Waals surface area (Å²) in [7, 11) is 6.02. The third-order valence-electron chi connectivity index (χ3n) is 5.35. The number of carbonyl (C=O) groups excluding carboxylic acids is 1. The van der Waals surface area contributed by atoms with Gasteiger partial charge in [0.05, 0.1) is 17.8 Å². The summed E-state index contributed by atoms with van der Waals surface area (Å²) < 4.78 is 15.5. The lowest BCUT2D eigenvalue weighted by molar-refractivity contribution is -0.0229. The van der Waals surface area contributed by atoms with Gasteiger partial charge < -0.3 is 10.0 Å². The first-order valence-electron chi connectivity index (χ1n) is 8.66. The van der Waals surface area contributed by atoms with Gasteiger partial charge in [-0.2, -0.15) is 0 Å². The first kappa shape index (κ1) is 17.7. The summed E-state index contributed by atoms with van der Waals surface area (Å²) in [4.78, 5) is 17.9. The number of hydrogen-bond donors (Lipinski definition) is 1. The molecule has 0 spiro atoms. The molecule has 1 aliphatic heterocycles. The molecule has 2 aromatic rings. The molecule has 2 radical (unpaired) electrons. The lowest BCUT2D eigenvalue weighted by atomic mass is 9.86. The van der Waals surface area contributed by atoms with Crippen LogP contribution in [0.2, 0.25) is 0 Å². The predicted octanol–water partition coefficient (Wildman–Crippen LogP) is 3.57. The Hall–Kier alpha value is -1.73. The summed E-state index contributed by atoms with van der Waals surface area (Å²) >= 11 is 3.36. The smallest absolute Gasteiger partial charge is 0.258 e. The quantitative estimate of drug-likeness (QED) is 0.781. The molecule has 0 bridgehead atoms. The molecule has 4 nitrogen and oxygen atoms in total. The van der Waals surface area contributed by atoms with E-state index in [4.69, 9.17) is 7.85 Å². The Morgan fingerprint density at radius 3 is 2.81 bits per heavy atom. The highest BCUT2D eigenvalue weighted by atomic mass is 79.9. The molecule has 1 atom stereocenters. The van der Waals surface area contributed by atoms with Crippen LogP contribution in [0.15, 0.2) is 34.9 Å². The summed E-state index contributed by atoms with van der Waals surface area (Å²) in [5, 5.41) is 10.7. The van der Waals surface area contributed by atoms with Crippen LogP contribution in [-0.4, -0.2) is 28.7 Å². The van der Waals surface area contributed by atoms with Gasteiger partial charge in [0, 0.05) is 16.2 Å². The number of aromatic nitrogens is 1. The van der Waals surface area contributed by atoms with Crippen LogP contribution in [0.25, 0.3) is 0 Å². The Morgan fingerprint density at radius 2 is 2.12 bits per heavy atom. The molecule has 1 fully saturated rings. The van der Waals surface area contributed by atoms with Crippen molar-refractivity contribution < 1.29 is 14.3 Å². The fourth-order valence-corrected chi connectivity index (χ4v) is 4.49. The minimum absolute atomic E-state index is 0.102. The lowest BCUT2D eigenvalue weighted by Gasteiger charge is -2.32. The van der Waals surface area contributed by atoms with E-state index in [-0.39, 0.29) is 23.7 Å². The van der Waals surface area contributed by atoms with E-state index >= 15 is 0 Å². The van der Waals surface area contributed by atoms with Gasteiger partial charge in [0.2, 0.25) is 0 Å². The third-order valence-corrected chi connectivity index (χ3v) is 5.81. The number of hydrogen-bond acceptors (Lipinski definition) is 3. The zero-order chi connectivity index (χ0) is 18.5. The molecule has 1 unspecified atom stereocenters. The van der Waals surface area contributed by atoms with E-state index in [1.807, 2.05) is 6.07 Å². The van der Waals surface area contributed by atoms with Crippen LogP contribution in [0.5, 0.6) is 0 Å². The fraction of sp³-hybridized carbons (Fsp3) is 0.368. The van der Waals surface area contributed by atoms with Gasteiger partial charge in [0.1, 0.15) is 11.4 Å². The van der Waals surface area contributed by atoms with Crippen molar-refractivity contribution in [3.63, 3.8) is 0 Å². The minimum atomic E-state index is -2.06. The maximum Gasteiger partial charge on any atom is 0.258 e. The van der Waals surface area contributed by atoms with Gasteiger partial charge in [-0.15, -0.1) is 0 Å². The molecule has 1 N–H and O–H groups in total. The lowest BCUT2D eigenvalue weighted by Crippen LogP contribution is -2.44. The SMILES string of the molecule is [B]C1(O)c2ncccc2C(=O)N1Cc1c(F)cc(Br)cc1C1CCCC1. The van der Waals surface area contributed by atoms with Crippen LogP contribution in [0.1, 0.15) is 58.8 Å². The van der Waals surface area contributed by atoms with Gasteiger partial charge >= 0.3 is 0 Å². The topological polar surface area (TPSA) is 53.4 Å². The summed E-state index contributed by atoms with van der Waals surface area (Å²) in [5.41, 5.74) is -0.422. The van der Waals surface area contributed by atoms with E-state index in [2.05, 4.69) is 20.9 Å². The maximum absolute atomic E-state index is 14.8. The van der Waals surface area contributed by atoms with Gasteiger partial charge in [-0.05, 0) is 48.6 Å². The largest absolute Gasteiger partial charge is 0.374 e. The molecule has 4 rings (SSSR count). The van der Waals surface area contributed by atoms with Gasteiger partial charge in [0.15, 0.2) is 7.85 Å². The number of carbonyl (C=O) groups is 1. The Labute approximate surface area is 161 Å². The number of rotatable bonds is 3. The van der Waals surface area contributed by atoms with Gasteiger partial charge in [-0.25, -0.2) is 4.39 Å². The van der Waals surface area contributed by atoms with Crippen LogP contribution in [0.3, 0.4) is 0 Å². The standard InChI is InChI=1S/C19H17BBrFN2O2/c20-19(26)17-13(6-3-7-23-17)18(25)24(19)10-15-14(11-4-1-2-5-11)8-12(21)9-16(15)22/h3,6-9,11,26H,1-2,4-5,10H2. The molecule has 26 heavy (non-hydrogen) atoms. The van der Waals surface area contributed by atoms with E-state index in [0.717, 1.165) is 36.1 Å². The summed E-state index contributed by atoms with van der Waals surface area (Å²) in [6.07, 6.45) is 5.67. The van der Waals surface area contributed by atoms with Crippen molar-refractivity contribution in [3.8, 4) is 0 Å². The number of pyridine rings is 1. The van der Waals surface area contributed by atoms with E-state index in [0.29, 0.717) is 10.0 Å². The monoisotopic (exact) mass is 414 g/mol. The van der Waals surface area contributed by atoms with Gasteiger partial charge in [0.25, 0.3) is 5.91 Å². The van der Waals surface area contributed by atoms with Crippen molar-refractivity contribution in [3.05, 3.63) is 63.1 Å². The highest BCUT2D eigenvalue weighted by molar-refractivity contribution is 9.10. The molecular weight excluding hydrogens is 398 g/mol. The second-order valence-corrected chi connectivity index (χ2v) is 7.87. The molecule has 1 aromatic carbocycles. The summed E-state index contributed by atoms with van der Waals surface area (Å²) in [6.45, 7) is -0.104. The molecule has 2 heterocycles. The molecule has 1 amide bonds. The molecule has 1 aromatic heterocycles. The Morgan fingerprint density at radius 1 is 1.38 bits per heavy atom. The highest BCUT2D eigenvalue weighted by Crippen LogP contribution is 2.40. The van der Waals surface area contributed by atoms with Gasteiger partial charge in [-0.1, -0.05) is 28.8 Å². The fourth-order valence-electron chi connectivity index (χ4n) is 4.04. The number of nitrogens with zero attached hydrogens (tertiary/aromatic N) is 2. The van der Waals surface area contributed by atoms with E-state index < -0.39 is 17.3 Å². The predicted molar refractivity (Wildman–Crippen MR) is 99.1 cm³/mol. The zero-order valence-corrected chi connectivity index (χ0v) is 15.7. The Kier molecular flexibility index (Phi) is 4.39. The Bertz CT molecular complexity index is 884. The first-order chi connectivity index (χ1) is 12.4. The molecule has 132 valence electrons. The first-order valence-corrected chi connectivity index (χ1v) is 9.45. The summed E-state index contributed by atoms with van der Waals surface area (Å²) in [6, 6.07) is 6.48. The van der Waals surface area contributed by atoms with Crippen LogP contribution in [0, 0.1) is 5.82 Å². The van der Waals surface area contributed by atoms with Crippen LogP contribution >= 0.6 is 15.9 Å². The minimum Gasteiger partial charge on any atom is -0.374 e. The second kappa shape index (κ2) is 6.46. The van der Waals surface area contributed by atoms with Crippen LogP contribution in [-0.2, 0) is 12.2 Å². The highest BCUT2D eigenvalue weighted by Gasteiger charge is 2.46.